The van der Waals surface area contributed by atoms with E-state index in [0.717, 1.165) is 9.80 Å². The van der Waals surface area contributed by atoms with Gasteiger partial charge in [-0.3, -0.25) is 24.0 Å². The number of carboxylic acid groups (broad SMARTS) is 2. The van der Waals surface area contributed by atoms with Crippen molar-refractivity contribution in [1.82, 2.24) is 15.1 Å². The summed E-state index contributed by atoms with van der Waals surface area (Å²) in [5.41, 5.74) is 11.2. The molecule has 2 rings (SSSR count). The van der Waals surface area contributed by atoms with Gasteiger partial charge in [-0.1, -0.05) is 0 Å². The summed E-state index contributed by atoms with van der Waals surface area (Å²) in [6.07, 6.45) is -0.680. The van der Waals surface area contributed by atoms with Crippen LogP contribution in [0.25, 0.3) is 0 Å². The van der Waals surface area contributed by atoms with Crippen molar-refractivity contribution in [2.75, 3.05) is 26.2 Å². The summed E-state index contributed by atoms with van der Waals surface area (Å²) in [6.45, 7) is -1.19. The number of rotatable bonds is 8. The Kier molecular flexibility index (Phi) is 9.41. The molecule has 0 spiro atoms. The lowest BCUT2D eigenvalue weighted by molar-refractivity contribution is -0.157. The quantitative estimate of drug-likeness (QED) is 0.217. The van der Waals surface area contributed by atoms with E-state index in [1.54, 1.807) is 0 Å². The van der Waals surface area contributed by atoms with E-state index in [0.29, 0.717) is 5.69 Å². The molecule has 3 amide bonds. The molecule has 13 nitrogen and oxygen atoms in total. The van der Waals surface area contributed by atoms with Gasteiger partial charge in [-0.25, -0.2) is 4.99 Å². The molecule has 1 aliphatic rings. The average molecular weight is 471 g/mol. The number of nitrogens with zero attached hydrogens (tertiary/aromatic N) is 3. The van der Waals surface area contributed by atoms with E-state index in [1.165, 1.54) is 24.3 Å². The zero-order valence-electron chi connectivity index (χ0n) is 16.8. The van der Waals surface area contributed by atoms with Crippen LogP contribution in [-0.4, -0.2) is 87.9 Å². The van der Waals surface area contributed by atoms with E-state index in [-0.39, 0.29) is 37.0 Å². The standard InChI is InChI=1S/C18H22N6O7.ClH/c19-18(20)22-11-3-1-10(2-4-11)16(30)21-8-13(25)24-6-5-23(9-15(28)29)17(31)12(24)7-14(26)27;/h1-4,12H,5-9H2,(H,21,30)(H,26,27)(H,28,29)(H4,19,20,22);1H/t12-;/m0./s1. The van der Waals surface area contributed by atoms with E-state index >= 15 is 0 Å². The van der Waals surface area contributed by atoms with Gasteiger partial charge in [-0.2, -0.15) is 0 Å². The fraction of sp³-hybridized carbons (Fsp3) is 0.333. The number of amides is 3. The Morgan fingerprint density at radius 3 is 2.22 bits per heavy atom. The zero-order chi connectivity index (χ0) is 23.1. The first kappa shape index (κ1) is 26.2. The Morgan fingerprint density at radius 2 is 1.69 bits per heavy atom. The van der Waals surface area contributed by atoms with Crippen molar-refractivity contribution >= 4 is 53.7 Å². The Labute approximate surface area is 188 Å². The molecule has 0 aromatic heterocycles. The Balaban J connectivity index is 0.00000512. The highest BCUT2D eigenvalue weighted by atomic mass is 35.5. The first-order valence-electron chi connectivity index (χ1n) is 9.08. The lowest BCUT2D eigenvalue weighted by Crippen LogP contribution is -2.61. The normalized spacial score (nSPS) is 15.4. The van der Waals surface area contributed by atoms with Gasteiger partial charge >= 0.3 is 11.9 Å². The van der Waals surface area contributed by atoms with Crippen molar-refractivity contribution in [3.05, 3.63) is 29.8 Å². The average Bonchev–Trinajstić information content (AvgIpc) is 2.68. The second-order valence-electron chi connectivity index (χ2n) is 6.62. The van der Waals surface area contributed by atoms with Crippen LogP contribution in [0.2, 0.25) is 0 Å². The van der Waals surface area contributed by atoms with Gasteiger partial charge in [-0.05, 0) is 24.3 Å². The van der Waals surface area contributed by atoms with Crippen molar-refractivity contribution in [3.8, 4) is 0 Å². The number of hydrogen-bond donors (Lipinski definition) is 5. The van der Waals surface area contributed by atoms with Crippen LogP contribution < -0.4 is 16.8 Å². The molecule has 1 atom stereocenters. The molecule has 174 valence electrons. The second-order valence-corrected chi connectivity index (χ2v) is 6.62. The monoisotopic (exact) mass is 470 g/mol. The fourth-order valence-corrected chi connectivity index (χ4v) is 3.02. The predicted octanol–water partition coefficient (Wildman–Crippen LogP) is -1.66. The smallest absolute Gasteiger partial charge is 0.323 e. The van der Waals surface area contributed by atoms with Crippen LogP contribution in [0.1, 0.15) is 16.8 Å². The number of carbonyl (C=O) groups excluding carboxylic acids is 3. The van der Waals surface area contributed by atoms with Gasteiger partial charge < -0.3 is 36.8 Å². The van der Waals surface area contributed by atoms with Crippen LogP contribution in [0.3, 0.4) is 0 Å². The van der Waals surface area contributed by atoms with Gasteiger partial charge in [0.2, 0.25) is 11.8 Å². The minimum atomic E-state index is -1.35. The van der Waals surface area contributed by atoms with Crippen molar-refractivity contribution in [3.63, 3.8) is 0 Å². The molecule has 1 aromatic carbocycles. The molecular formula is C18H23ClN6O7. The maximum absolute atomic E-state index is 12.6. The highest BCUT2D eigenvalue weighted by Crippen LogP contribution is 2.16. The largest absolute Gasteiger partial charge is 0.481 e. The summed E-state index contributed by atoms with van der Waals surface area (Å²) in [6, 6.07) is 4.54. The molecule has 0 aliphatic carbocycles. The molecule has 14 heteroatoms. The Bertz CT molecular complexity index is 917. The van der Waals surface area contributed by atoms with Gasteiger partial charge in [0, 0.05) is 18.7 Å². The molecule has 0 bridgehead atoms. The molecule has 1 aromatic rings. The van der Waals surface area contributed by atoms with Crippen LogP contribution in [0.4, 0.5) is 5.69 Å². The summed E-state index contributed by atoms with van der Waals surface area (Å²) in [5, 5.41) is 20.4. The topological polar surface area (TPSA) is 209 Å². The molecule has 7 N–H and O–H groups in total. The number of aliphatic carboxylic acids is 2. The van der Waals surface area contributed by atoms with Crippen LogP contribution in [0.15, 0.2) is 29.3 Å². The number of halogens is 1. The molecule has 1 saturated heterocycles. The van der Waals surface area contributed by atoms with E-state index in [2.05, 4.69) is 10.3 Å². The molecule has 1 fully saturated rings. The van der Waals surface area contributed by atoms with Crippen LogP contribution in [-0.2, 0) is 19.2 Å². The third kappa shape index (κ3) is 7.12. The number of nitrogens with one attached hydrogen (secondary N) is 1. The molecule has 32 heavy (non-hydrogen) atoms. The third-order valence-corrected chi connectivity index (χ3v) is 4.39. The lowest BCUT2D eigenvalue weighted by atomic mass is 10.1. The number of carbonyl (C=O) groups is 5. The van der Waals surface area contributed by atoms with Crippen LogP contribution >= 0.6 is 12.4 Å². The summed E-state index contributed by atoms with van der Waals surface area (Å²) < 4.78 is 0. The first-order chi connectivity index (χ1) is 14.6. The zero-order valence-corrected chi connectivity index (χ0v) is 17.6. The summed E-state index contributed by atoms with van der Waals surface area (Å²) in [7, 11) is 0. The maximum Gasteiger partial charge on any atom is 0.323 e. The van der Waals surface area contributed by atoms with Crippen molar-refractivity contribution in [1.29, 1.82) is 0 Å². The van der Waals surface area contributed by atoms with E-state index in [1.807, 2.05) is 0 Å². The van der Waals surface area contributed by atoms with Crippen LogP contribution in [0.5, 0.6) is 0 Å². The van der Waals surface area contributed by atoms with E-state index < -0.39 is 55.2 Å². The molecule has 0 radical (unpaired) electrons. The second kappa shape index (κ2) is 11.5. The Hall–Kier alpha value is -3.87. The van der Waals surface area contributed by atoms with Crippen molar-refractivity contribution < 1.29 is 34.2 Å². The number of benzene rings is 1. The van der Waals surface area contributed by atoms with Gasteiger partial charge in [0.1, 0.15) is 12.6 Å². The van der Waals surface area contributed by atoms with Crippen LogP contribution in [0, 0.1) is 0 Å². The van der Waals surface area contributed by atoms with Gasteiger partial charge in [0.15, 0.2) is 5.96 Å². The van der Waals surface area contributed by atoms with Gasteiger partial charge in [0.05, 0.1) is 18.7 Å². The van der Waals surface area contributed by atoms with Crippen molar-refractivity contribution in [2.45, 2.75) is 12.5 Å². The third-order valence-electron chi connectivity index (χ3n) is 4.39. The minimum absolute atomic E-state index is 0. The molecule has 0 saturated carbocycles. The number of hydrogen-bond acceptors (Lipinski definition) is 6. The Morgan fingerprint density at radius 1 is 1.06 bits per heavy atom. The molecule has 0 unspecified atom stereocenters. The maximum atomic E-state index is 12.6. The SMILES string of the molecule is Cl.NC(N)=Nc1ccc(C(=O)NCC(=O)N2CCN(CC(=O)O)C(=O)[C@@H]2CC(=O)O)cc1. The van der Waals surface area contributed by atoms with Gasteiger partial charge in [0.25, 0.3) is 5.91 Å². The van der Waals surface area contributed by atoms with Gasteiger partial charge in [-0.15, -0.1) is 12.4 Å². The summed E-state index contributed by atoms with van der Waals surface area (Å²) >= 11 is 0. The highest BCUT2D eigenvalue weighted by Gasteiger charge is 2.39. The lowest BCUT2D eigenvalue weighted by Gasteiger charge is -2.39. The minimum Gasteiger partial charge on any atom is -0.481 e. The number of guanidine groups is 1. The van der Waals surface area contributed by atoms with E-state index in [9.17, 15) is 24.0 Å². The predicted molar refractivity (Wildman–Crippen MR) is 113 cm³/mol. The summed E-state index contributed by atoms with van der Waals surface area (Å²) in [5.74, 6) is -4.73. The molecule has 1 heterocycles. The number of nitrogens with two attached hydrogens (primary N) is 2. The number of piperazine rings is 1. The van der Waals surface area contributed by atoms with Crippen molar-refractivity contribution in [2.24, 2.45) is 16.5 Å². The fourth-order valence-electron chi connectivity index (χ4n) is 3.02. The summed E-state index contributed by atoms with van der Waals surface area (Å²) in [4.78, 5) is 65.2. The number of aliphatic imine (C=N–C) groups is 1. The molecular weight excluding hydrogens is 448 g/mol. The molecule has 1 aliphatic heterocycles. The first-order valence-corrected chi connectivity index (χ1v) is 9.08. The van der Waals surface area contributed by atoms with E-state index in [4.69, 9.17) is 21.7 Å². The highest BCUT2D eigenvalue weighted by molar-refractivity contribution is 5.98. The number of carboxylic acids is 2.